The molecule has 0 bridgehead atoms. The van der Waals surface area contributed by atoms with E-state index in [2.05, 4.69) is 25.3 Å². The smallest absolute Gasteiger partial charge is 0.280 e. The first kappa shape index (κ1) is 15.1. The Balaban J connectivity index is 1.73. The molecule has 0 saturated heterocycles. The molecule has 0 aromatic carbocycles. The molecule has 0 amide bonds. The minimum atomic E-state index is -0.402. The number of nitrogen functional groups attached to an aromatic ring is 1. The zero-order valence-corrected chi connectivity index (χ0v) is 12.8. The van der Waals surface area contributed by atoms with E-state index in [1.807, 2.05) is 13.0 Å². The second-order valence-electron chi connectivity index (χ2n) is 6.04. The highest BCUT2D eigenvalue weighted by molar-refractivity contribution is 5.69. The van der Waals surface area contributed by atoms with Gasteiger partial charge in [0, 0.05) is 11.1 Å². The number of fused-ring (bicyclic) bond motifs is 1. The maximum absolute atomic E-state index is 11.8. The van der Waals surface area contributed by atoms with Crippen molar-refractivity contribution in [2.24, 2.45) is 5.41 Å². The average Bonchev–Trinajstić information content (AvgIpc) is 2.54. The van der Waals surface area contributed by atoms with Crippen LogP contribution in [0.4, 0.5) is 5.95 Å². The second-order valence-corrected chi connectivity index (χ2v) is 6.04. The van der Waals surface area contributed by atoms with Gasteiger partial charge in [0.15, 0.2) is 11.2 Å². The number of H-pyrrole nitrogens is 1. The number of carbonyl (C=O) groups excluding carboxylic acids is 1. The van der Waals surface area contributed by atoms with Gasteiger partial charge in [-0.05, 0) is 19.3 Å². The number of nitrogens with one attached hydrogen (secondary N) is 2. The van der Waals surface area contributed by atoms with E-state index in [0.717, 1.165) is 31.2 Å². The van der Waals surface area contributed by atoms with Crippen molar-refractivity contribution in [3.05, 3.63) is 34.0 Å². The van der Waals surface area contributed by atoms with Gasteiger partial charge in [-0.1, -0.05) is 13.0 Å². The summed E-state index contributed by atoms with van der Waals surface area (Å²) in [6.45, 7) is 2.42. The average molecular weight is 314 g/mol. The number of carbonyl (C=O) groups is 1. The number of allylic oxidation sites excluding steroid dienone is 2. The number of rotatable bonds is 4. The molecule has 4 N–H and O–H groups in total. The molecule has 0 radical (unpaired) electrons. The van der Waals surface area contributed by atoms with Crippen LogP contribution in [0, 0.1) is 5.41 Å². The van der Waals surface area contributed by atoms with Crippen LogP contribution in [0.1, 0.15) is 31.9 Å². The van der Waals surface area contributed by atoms with E-state index in [-0.39, 0.29) is 22.5 Å². The normalized spacial score (nSPS) is 21.0. The Hall–Kier alpha value is -2.77. The van der Waals surface area contributed by atoms with Gasteiger partial charge in [0.05, 0.1) is 18.4 Å². The summed E-state index contributed by atoms with van der Waals surface area (Å²) < 4.78 is 0. The third-order valence-electron chi connectivity index (χ3n) is 4.05. The maximum atomic E-state index is 11.8. The van der Waals surface area contributed by atoms with Gasteiger partial charge in [-0.15, -0.1) is 0 Å². The van der Waals surface area contributed by atoms with Crippen molar-refractivity contribution in [1.29, 1.82) is 0 Å². The van der Waals surface area contributed by atoms with Gasteiger partial charge in [-0.25, -0.2) is 9.97 Å². The first-order chi connectivity index (χ1) is 11.0. The molecule has 2 heterocycles. The largest absolute Gasteiger partial charge is 0.383 e. The van der Waals surface area contributed by atoms with Crippen LogP contribution in [-0.4, -0.2) is 26.2 Å². The Morgan fingerprint density at radius 3 is 3.00 bits per heavy atom. The highest BCUT2D eigenvalue weighted by atomic mass is 16.1. The molecular weight excluding hydrogens is 296 g/mol. The predicted molar refractivity (Wildman–Crippen MR) is 85.3 cm³/mol. The number of nitrogens with zero attached hydrogens (tertiary/aromatic N) is 3. The van der Waals surface area contributed by atoms with E-state index in [1.165, 1.54) is 0 Å². The lowest BCUT2D eigenvalue weighted by atomic mass is 9.79. The monoisotopic (exact) mass is 314 g/mol. The highest BCUT2D eigenvalue weighted by Gasteiger charge is 2.26. The number of aromatic nitrogens is 4. The number of nitrogens with two attached hydrogens (primary N) is 1. The quantitative estimate of drug-likeness (QED) is 0.707. The van der Waals surface area contributed by atoms with Crippen LogP contribution in [0.3, 0.4) is 0 Å². The molecule has 8 nitrogen and oxygen atoms in total. The third kappa shape index (κ3) is 3.20. The van der Waals surface area contributed by atoms with Gasteiger partial charge in [-0.3, -0.25) is 9.78 Å². The predicted octanol–water partition coefficient (Wildman–Crippen LogP) is 0.658. The SMILES string of the molecule is CC1(C=O)CC=C(NCc2cnc3nc(N)[nH]c(=O)c3n2)CC1. The molecule has 3 rings (SSSR count). The van der Waals surface area contributed by atoms with Crippen LogP contribution in [0.15, 0.2) is 22.8 Å². The van der Waals surface area contributed by atoms with Crippen molar-refractivity contribution in [2.45, 2.75) is 32.7 Å². The number of hydrogen-bond acceptors (Lipinski definition) is 7. The summed E-state index contributed by atoms with van der Waals surface area (Å²) in [4.78, 5) is 37.6. The first-order valence-electron chi connectivity index (χ1n) is 7.40. The van der Waals surface area contributed by atoms with E-state index in [0.29, 0.717) is 12.2 Å². The molecule has 1 atom stereocenters. The van der Waals surface area contributed by atoms with Gasteiger partial charge >= 0.3 is 0 Å². The van der Waals surface area contributed by atoms with Gasteiger partial charge in [0.1, 0.15) is 6.29 Å². The number of aromatic amines is 1. The Kier molecular flexibility index (Phi) is 3.81. The molecule has 0 spiro atoms. The summed E-state index contributed by atoms with van der Waals surface area (Å²) in [7, 11) is 0. The van der Waals surface area contributed by atoms with E-state index >= 15 is 0 Å². The van der Waals surface area contributed by atoms with Crippen molar-refractivity contribution in [3.8, 4) is 0 Å². The van der Waals surface area contributed by atoms with E-state index in [4.69, 9.17) is 5.73 Å². The first-order valence-corrected chi connectivity index (χ1v) is 7.40. The van der Waals surface area contributed by atoms with Crippen LogP contribution in [0.5, 0.6) is 0 Å². The highest BCUT2D eigenvalue weighted by Crippen LogP contribution is 2.32. The van der Waals surface area contributed by atoms with Crippen molar-refractivity contribution < 1.29 is 4.79 Å². The van der Waals surface area contributed by atoms with Crippen molar-refractivity contribution in [1.82, 2.24) is 25.3 Å². The Morgan fingerprint density at radius 1 is 1.48 bits per heavy atom. The summed E-state index contributed by atoms with van der Waals surface area (Å²) in [5.74, 6) is 0.0215. The molecule has 0 saturated carbocycles. The summed E-state index contributed by atoms with van der Waals surface area (Å²) in [5, 5.41) is 3.28. The molecule has 2 aromatic rings. The van der Waals surface area contributed by atoms with Crippen LogP contribution in [0.25, 0.3) is 11.2 Å². The van der Waals surface area contributed by atoms with Gasteiger partial charge in [-0.2, -0.15) is 4.98 Å². The standard InChI is InChI=1S/C15H18N6O2/c1-15(8-22)4-2-9(3-5-15)17-6-10-7-18-12-11(19-10)13(23)21-14(16)20-12/h2,7-8,17H,3-6H2,1H3,(H3,16,18,20,21,23). The summed E-state index contributed by atoms with van der Waals surface area (Å²) >= 11 is 0. The van der Waals surface area contributed by atoms with Gasteiger partial charge in [0.2, 0.25) is 5.95 Å². The zero-order chi connectivity index (χ0) is 16.4. The lowest BCUT2D eigenvalue weighted by Gasteiger charge is -2.27. The van der Waals surface area contributed by atoms with Crippen molar-refractivity contribution in [3.63, 3.8) is 0 Å². The van der Waals surface area contributed by atoms with Crippen molar-refractivity contribution in [2.75, 3.05) is 5.73 Å². The number of hydrogen-bond donors (Lipinski definition) is 3. The topological polar surface area (TPSA) is 127 Å². The van der Waals surface area contributed by atoms with Crippen LogP contribution in [-0.2, 0) is 11.3 Å². The minimum absolute atomic E-state index is 0.0215. The van der Waals surface area contributed by atoms with Crippen LogP contribution < -0.4 is 16.6 Å². The summed E-state index contributed by atoms with van der Waals surface area (Å²) in [6.07, 6.45) is 7.00. The van der Waals surface area contributed by atoms with Crippen LogP contribution in [0.2, 0.25) is 0 Å². The fourth-order valence-electron chi connectivity index (χ4n) is 2.51. The van der Waals surface area contributed by atoms with E-state index in [9.17, 15) is 9.59 Å². The molecule has 23 heavy (non-hydrogen) atoms. The zero-order valence-electron chi connectivity index (χ0n) is 12.8. The molecule has 8 heteroatoms. The van der Waals surface area contributed by atoms with Crippen molar-refractivity contribution >= 4 is 23.4 Å². The molecular formula is C15H18N6O2. The second kappa shape index (κ2) is 5.79. The Bertz CT molecular complexity index is 843. The fraction of sp³-hybridized carbons (Fsp3) is 0.400. The molecule has 120 valence electrons. The number of aldehydes is 1. The molecule has 0 aliphatic heterocycles. The lowest BCUT2D eigenvalue weighted by molar-refractivity contribution is -0.115. The molecule has 0 fully saturated rings. The minimum Gasteiger partial charge on any atom is -0.383 e. The fourth-order valence-corrected chi connectivity index (χ4v) is 2.51. The molecule has 1 aliphatic rings. The molecule has 1 aliphatic carbocycles. The lowest BCUT2D eigenvalue weighted by Crippen LogP contribution is -2.25. The maximum Gasteiger partial charge on any atom is 0.280 e. The number of anilines is 1. The van der Waals surface area contributed by atoms with Gasteiger partial charge in [0.25, 0.3) is 5.56 Å². The Labute approximate surface area is 132 Å². The third-order valence-corrected chi connectivity index (χ3v) is 4.05. The summed E-state index contributed by atoms with van der Waals surface area (Å²) in [6, 6.07) is 0. The van der Waals surface area contributed by atoms with Gasteiger partial charge < -0.3 is 15.8 Å². The van der Waals surface area contributed by atoms with E-state index < -0.39 is 5.56 Å². The van der Waals surface area contributed by atoms with E-state index in [1.54, 1.807) is 6.20 Å². The molecule has 1 unspecified atom stereocenters. The summed E-state index contributed by atoms with van der Waals surface area (Å²) in [5.41, 5.74) is 6.93. The Morgan fingerprint density at radius 2 is 2.30 bits per heavy atom. The van der Waals surface area contributed by atoms with Crippen LogP contribution >= 0.6 is 0 Å². The molecule has 2 aromatic heterocycles.